The van der Waals surface area contributed by atoms with Gasteiger partial charge in [-0.25, -0.2) is 14.2 Å². The number of halogens is 1. The molecule has 230 valence electrons. The van der Waals surface area contributed by atoms with Crippen LogP contribution in [0.5, 0.6) is 5.75 Å². The normalized spacial score (nSPS) is 11.5. The fourth-order valence-electron chi connectivity index (χ4n) is 4.58. The van der Waals surface area contributed by atoms with E-state index >= 15 is 0 Å². The van der Waals surface area contributed by atoms with E-state index in [4.69, 9.17) is 14.2 Å². The van der Waals surface area contributed by atoms with Crippen LogP contribution in [0.2, 0.25) is 0 Å². The molecule has 0 saturated heterocycles. The number of nitrogens with one attached hydrogen (secondary N) is 2. The minimum atomic E-state index is -0.574. The van der Waals surface area contributed by atoms with E-state index in [0.29, 0.717) is 49.5 Å². The van der Waals surface area contributed by atoms with Crippen molar-refractivity contribution in [3.8, 4) is 16.9 Å². The van der Waals surface area contributed by atoms with Crippen LogP contribution in [0.1, 0.15) is 48.2 Å². The minimum absolute atomic E-state index is 0.205. The van der Waals surface area contributed by atoms with E-state index in [1.807, 2.05) is 50.4 Å². The first kappa shape index (κ1) is 31.5. The van der Waals surface area contributed by atoms with Crippen LogP contribution in [0.15, 0.2) is 42.7 Å². The third kappa shape index (κ3) is 8.10. The Labute approximate surface area is 250 Å². The SMILES string of the molecule is COCCNC(=O)c1nn(C)c(C)c1CCOc1cc(F)ccc1-c1ccc2ncc(CCNC(=O)OC(C)(C)C)n2c1. The summed E-state index contributed by atoms with van der Waals surface area (Å²) in [6, 6.07) is 8.20. The molecular weight excluding hydrogens is 555 g/mol. The molecule has 43 heavy (non-hydrogen) atoms. The molecule has 3 aromatic heterocycles. The first-order valence-corrected chi connectivity index (χ1v) is 14.1. The van der Waals surface area contributed by atoms with Crippen molar-refractivity contribution in [3.63, 3.8) is 0 Å². The number of fused-ring (bicyclic) bond motifs is 1. The average molecular weight is 595 g/mol. The van der Waals surface area contributed by atoms with Crippen LogP contribution in [-0.4, -0.2) is 70.2 Å². The zero-order valence-corrected chi connectivity index (χ0v) is 25.5. The zero-order chi connectivity index (χ0) is 31.1. The largest absolute Gasteiger partial charge is 0.492 e. The number of aryl methyl sites for hydroxylation is 1. The van der Waals surface area contributed by atoms with E-state index in [-0.39, 0.29) is 12.5 Å². The van der Waals surface area contributed by atoms with Gasteiger partial charge in [-0.05, 0) is 52.0 Å². The number of imidazole rings is 1. The summed E-state index contributed by atoms with van der Waals surface area (Å²) in [5, 5.41) is 9.96. The highest BCUT2D eigenvalue weighted by molar-refractivity contribution is 5.94. The molecule has 0 radical (unpaired) electrons. The number of hydrogen-bond acceptors (Lipinski definition) is 7. The lowest BCUT2D eigenvalue weighted by Crippen LogP contribution is -2.33. The topological polar surface area (TPSA) is 121 Å². The van der Waals surface area contributed by atoms with Crippen LogP contribution in [0.4, 0.5) is 9.18 Å². The lowest BCUT2D eigenvalue weighted by molar-refractivity contribution is 0.0528. The van der Waals surface area contributed by atoms with Crippen molar-refractivity contribution in [2.45, 2.75) is 46.1 Å². The van der Waals surface area contributed by atoms with Crippen molar-refractivity contribution in [2.24, 2.45) is 7.05 Å². The van der Waals surface area contributed by atoms with Crippen molar-refractivity contribution in [1.82, 2.24) is 29.8 Å². The highest BCUT2D eigenvalue weighted by Crippen LogP contribution is 2.32. The molecule has 4 aromatic rings. The van der Waals surface area contributed by atoms with Gasteiger partial charge in [0.25, 0.3) is 5.91 Å². The number of aromatic nitrogens is 4. The first-order chi connectivity index (χ1) is 20.5. The molecule has 2 N–H and O–H groups in total. The van der Waals surface area contributed by atoms with Gasteiger partial charge in [-0.3, -0.25) is 9.48 Å². The molecule has 0 fully saturated rings. The molecule has 4 rings (SSSR count). The molecule has 12 heteroatoms. The second-order valence-electron chi connectivity index (χ2n) is 11.1. The Balaban J connectivity index is 1.49. The molecule has 3 heterocycles. The van der Waals surface area contributed by atoms with Gasteiger partial charge in [0.05, 0.1) is 13.2 Å². The van der Waals surface area contributed by atoms with Crippen LogP contribution in [0.3, 0.4) is 0 Å². The highest BCUT2D eigenvalue weighted by atomic mass is 19.1. The quantitative estimate of drug-likeness (QED) is 0.235. The number of hydrogen-bond donors (Lipinski definition) is 2. The number of pyridine rings is 1. The van der Waals surface area contributed by atoms with E-state index in [0.717, 1.165) is 28.2 Å². The van der Waals surface area contributed by atoms with E-state index in [2.05, 4.69) is 20.7 Å². The highest BCUT2D eigenvalue weighted by Gasteiger charge is 2.20. The maximum absolute atomic E-state index is 14.4. The van der Waals surface area contributed by atoms with E-state index in [1.54, 1.807) is 31.1 Å². The summed E-state index contributed by atoms with van der Waals surface area (Å²) < 4.78 is 34.4. The summed E-state index contributed by atoms with van der Waals surface area (Å²) in [7, 11) is 3.35. The lowest BCUT2D eigenvalue weighted by atomic mass is 10.1. The van der Waals surface area contributed by atoms with Crippen LogP contribution < -0.4 is 15.4 Å². The Morgan fingerprint density at radius 1 is 1.05 bits per heavy atom. The summed E-state index contributed by atoms with van der Waals surface area (Å²) in [6.07, 6.45) is 4.13. The van der Waals surface area contributed by atoms with Crippen LogP contribution in [-0.2, 0) is 29.4 Å². The molecule has 0 aliphatic carbocycles. The predicted octanol–water partition coefficient (Wildman–Crippen LogP) is 4.25. The monoisotopic (exact) mass is 594 g/mol. The van der Waals surface area contributed by atoms with Gasteiger partial charge in [-0.15, -0.1) is 0 Å². The maximum atomic E-state index is 14.4. The number of methoxy groups -OCH3 is 1. The molecule has 0 unspecified atom stereocenters. The van der Waals surface area contributed by atoms with Gasteiger partial charge in [0, 0.05) is 86.6 Å². The smallest absolute Gasteiger partial charge is 0.407 e. The van der Waals surface area contributed by atoms with Gasteiger partial charge in [-0.2, -0.15) is 5.10 Å². The van der Waals surface area contributed by atoms with Crippen molar-refractivity contribution < 1.29 is 28.2 Å². The third-order valence-electron chi connectivity index (χ3n) is 6.76. The molecule has 11 nitrogen and oxygen atoms in total. The first-order valence-electron chi connectivity index (χ1n) is 14.1. The molecule has 0 spiro atoms. The summed E-state index contributed by atoms with van der Waals surface area (Å²) in [6.45, 7) is 8.68. The molecule has 0 aliphatic rings. The van der Waals surface area contributed by atoms with Crippen molar-refractivity contribution in [3.05, 3.63) is 71.2 Å². The Hall–Kier alpha value is -4.45. The van der Waals surface area contributed by atoms with Crippen LogP contribution in [0, 0.1) is 12.7 Å². The van der Waals surface area contributed by atoms with Crippen LogP contribution >= 0.6 is 0 Å². The molecule has 2 amide bonds. The van der Waals surface area contributed by atoms with Gasteiger partial charge >= 0.3 is 6.09 Å². The number of amides is 2. The summed E-state index contributed by atoms with van der Waals surface area (Å²) >= 11 is 0. The minimum Gasteiger partial charge on any atom is -0.492 e. The predicted molar refractivity (Wildman–Crippen MR) is 160 cm³/mol. The second kappa shape index (κ2) is 13.7. The van der Waals surface area contributed by atoms with Crippen molar-refractivity contribution in [1.29, 1.82) is 0 Å². The van der Waals surface area contributed by atoms with Gasteiger partial charge in [0.1, 0.15) is 22.8 Å². The summed E-state index contributed by atoms with van der Waals surface area (Å²) in [5.41, 5.74) is 4.50. The summed E-state index contributed by atoms with van der Waals surface area (Å²) in [5.74, 6) is -0.333. The average Bonchev–Trinajstić information content (AvgIpc) is 3.47. The van der Waals surface area contributed by atoms with Gasteiger partial charge in [-0.1, -0.05) is 0 Å². The molecule has 0 aliphatic heterocycles. The molecule has 1 aromatic carbocycles. The van der Waals surface area contributed by atoms with Gasteiger partial charge < -0.3 is 29.2 Å². The maximum Gasteiger partial charge on any atom is 0.407 e. The lowest BCUT2D eigenvalue weighted by Gasteiger charge is -2.19. The number of rotatable bonds is 12. The Bertz CT molecular complexity index is 1590. The zero-order valence-electron chi connectivity index (χ0n) is 25.5. The Kier molecular flexibility index (Phi) is 10.0. The number of carbonyl (C=O) groups excluding carboxylic acids is 2. The van der Waals surface area contributed by atoms with Crippen molar-refractivity contribution in [2.75, 3.05) is 33.4 Å². The molecule has 0 atom stereocenters. The van der Waals surface area contributed by atoms with E-state index < -0.39 is 17.5 Å². The standard InChI is InChI=1S/C31H39FN6O5/c1-20-24(28(36-37(20)5)29(39)33-14-16-41-6)12-15-42-26-17-22(32)8-9-25(26)21-7-10-27-35-18-23(38(27)19-21)11-13-34-30(40)43-31(2,3)4/h7-10,17-19H,11-16H2,1-6H3,(H,33,39)(H,34,40). The fraction of sp³-hybridized carbons (Fsp3) is 0.419. The van der Waals surface area contributed by atoms with Gasteiger partial charge in [0.15, 0.2) is 5.69 Å². The molecule has 0 bridgehead atoms. The number of nitrogens with zero attached hydrogens (tertiary/aromatic N) is 4. The molecular formula is C31H39FN6O5. The number of alkyl carbamates (subject to hydrolysis) is 1. The Morgan fingerprint density at radius 3 is 2.58 bits per heavy atom. The van der Waals surface area contributed by atoms with Crippen molar-refractivity contribution >= 4 is 17.6 Å². The second-order valence-corrected chi connectivity index (χ2v) is 11.1. The van der Waals surface area contributed by atoms with E-state index in [1.165, 1.54) is 12.1 Å². The van der Waals surface area contributed by atoms with Gasteiger partial charge in [0.2, 0.25) is 0 Å². The number of benzene rings is 1. The number of ether oxygens (including phenoxy) is 3. The Morgan fingerprint density at radius 2 is 1.84 bits per heavy atom. The molecule has 0 saturated carbocycles. The third-order valence-corrected chi connectivity index (χ3v) is 6.76. The summed E-state index contributed by atoms with van der Waals surface area (Å²) in [4.78, 5) is 29.2. The number of carbonyl (C=O) groups is 2. The van der Waals surface area contributed by atoms with Crippen LogP contribution in [0.25, 0.3) is 16.8 Å². The fourth-order valence-corrected chi connectivity index (χ4v) is 4.58. The van der Waals surface area contributed by atoms with E-state index in [9.17, 15) is 14.0 Å².